The van der Waals surface area contributed by atoms with E-state index in [9.17, 15) is 4.79 Å². The maximum absolute atomic E-state index is 11.1. The largest absolute Gasteiger partial charge is 0.496 e. The van der Waals surface area contributed by atoms with Crippen LogP contribution in [0.3, 0.4) is 0 Å². The van der Waals surface area contributed by atoms with E-state index >= 15 is 0 Å². The Labute approximate surface area is 96.6 Å². The standard InChI is InChI=1S/C13H19NO2/c1-9(2)11(8-13(14)15)10-6-4-5-7-12(10)16-3/h4-7,9,11H,8H2,1-3H3,(H2,14,15). The van der Waals surface area contributed by atoms with Crippen molar-refractivity contribution in [2.24, 2.45) is 11.7 Å². The van der Waals surface area contributed by atoms with E-state index in [2.05, 4.69) is 13.8 Å². The SMILES string of the molecule is COc1ccccc1C(CC(N)=O)C(C)C. The number of primary amides is 1. The van der Waals surface area contributed by atoms with Crippen molar-refractivity contribution in [1.29, 1.82) is 0 Å². The molecule has 0 saturated carbocycles. The molecule has 0 aliphatic rings. The number of ether oxygens (including phenoxy) is 1. The second-order valence-corrected chi connectivity index (χ2v) is 4.26. The molecule has 0 fully saturated rings. The van der Waals surface area contributed by atoms with Crippen LogP contribution in [0.2, 0.25) is 0 Å². The number of carbonyl (C=O) groups excluding carboxylic acids is 1. The molecular formula is C13H19NO2. The van der Waals surface area contributed by atoms with Gasteiger partial charge < -0.3 is 10.5 Å². The van der Waals surface area contributed by atoms with Gasteiger partial charge in [-0.2, -0.15) is 0 Å². The number of benzene rings is 1. The molecule has 1 atom stereocenters. The fraction of sp³-hybridized carbons (Fsp3) is 0.462. The van der Waals surface area contributed by atoms with Gasteiger partial charge >= 0.3 is 0 Å². The van der Waals surface area contributed by atoms with E-state index in [-0.39, 0.29) is 11.8 Å². The average molecular weight is 221 g/mol. The van der Waals surface area contributed by atoms with Gasteiger partial charge in [0.2, 0.25) is 5.91 Å². The molecule has 1 aromatic carbocycles. The van der Waals surface area contributed by atoms with Crippen molar-refractivity contribution < 1.29 is 9.53 Å². The zero-order valence-electron chi connectivity index (χ0n) is 10.1. The highest BCUT2D eigenvalue weighted by Crippen LogP contribution is 2.33. The molecule has 16 heavy (non-hydrogen) atoms. The van der Waals surface area contributed by atoms with Crippen molar-refractivity contribution in [3.05, 3.63) is 29.8 Å². The lowest BCUT2D eigenvalue weighted by Crippen LogP contribution is -2.19. The summed E-state index contributed by atoms with van der Waals surface area (Å²) in [6.07, 6.45) is 0.359. The van der Waals surface area contributed by atoms with Crippen molar-refractivity contribution >= 4 is 5.91 Å². The number of para-hydroxylation sites is 1. The van der Waals surface area contributed by atoms with Crippen LogP contribution < -0.4 is 10.5 Å². The van der Waals surface area contributed by atoms with E-state index in [4.69, 9.17) is 10.5 Å². The number of methoxy groups -OCH3 is 1. The molecule has 2 N–H and O–H groups in total. The molecule has 0 aliphatic heterocycles. The Balaban J connectivity index is 3.05. The normalized spacial score (nSPS) is 12.5. The Kier molecular flexibility index (Phi) is 4.35. The molecule has 1 unspecified atom stereocenters. The van der Waals surface area contributed by atoms with Gasteiger partial charge in [-0.3, -0.25) is 4.79 Å². The number of hydrogen-bond donors (Lipinski definition) is 1. The van der Waals surface area contributed by atoms with Crippen molar-refractivity contribution in [3.63, 3.8) is 0 Å². The number of amides is 1. The molecule has 0 spiro atoms. The number of nitrogens with two attached hydrogens (primary N) is 1. The molecule has 1 aromatic rings. The van der Waals surface area contributed by atoms with Gasteiger partial charge in [-0.05, 0) is 23.5 Å². The molecule has 0 aromatic heterocycles. The fourth-order valence-electron chi connectivity index (χ4n) is 1.89. The van der Waals surface area contributed by atoms with Crippen molar-refractivity contribution in [2.45, 2.75) is 26.2 Å². The minimum Gasteiger partial charge on any atom is -0.496 e. The minimum atomic E-state index is -0.274. The van der Waals surface area contributed by atoms with E-state index < -0.39 is 0 Å². The van der Waals surface area contributed by atoms with E-state index in [1.165, 1.54) is 0 Å². The molecule has 3 heteroatoms. The first kappa shape index (κ1) is 12.6. The molecule has 0 aliphatic carbocycles. The molecular weight excluding hydrogens is 202 g/mol. The third kappa shape index (κ3) is 2.99. The van der Waals surface area contributed by atoms with Crippen LogP contribution in [0.25, 0.3) is 0 Å². The van der Waals surface area contributed by atoms with Gasteiger partial charge in [0, 0.05) is 6.42 Å². The summed E-state index contributed by atoms with van der Waals surface area (Å²) >= 11 is 0. The van der Waals surface area contributed by atoms with E-state index in [0.717, 1.165) is 11.3 Å². The summed E-state index contributed by atoms with van der Waals surface area (Å²) in [5, 5.41) is 0. The third-order valence-electron chi connectivity index (χ3n) is 2.76. The van der Waals surface area contributed by atoms with Gasteiger partial charge in [0.15, 0.2) is 0 Å². The van der Waals surface area contributed by atoms with E-state index in [0.29, 0.717) is 12.3 Å². The van der Waals surface area contributed by atoms with Gasteiger partial charge in [0.25, 0.3) is 0 Å². The van der Waals surface area contributed by atoms with Gasteiger partial charge in [0.05, 0.1) is 7.11 Å². The number of rotatable bonds is 5. The Morgan fingerprint density at radius 2 is 2.00 bits per heavy atom. The summed E-state index contributed by atoms with van der Waals surface area (Å²) in [5.41, 5.74) is 6.33. The predicted octanol–water partition coefficient (Wildman–Crippen LogP) is 2.31. The Bertz CT molecular complexity index is 361. The van der Waals surface area contributed by atoms with Gasteiger partial charge in [-0.25, -0.2) is 0 Å². The van der Waals surface area contributed by atoms with E-state index in [1.54, 1.807) is 7.11 Å². The zero-order valence-corrected chi connectivity index (χ0v) is 10.1. The second kappa shape index (κ2) is 5.54. The van der Waals surface area contributed by atoms with Crippen LogP contribution in [-0.2, 0) is 4.79 Å². The first-order chi connectivity index (χ1) is 7.56. The maximum atomic E-state index is 11.1. The van der Waals surface area contributed by atoms with Crippen LogP contribution >= 0.6 is 0 Å². The fourth-order valence-corrected chi connectivity index (χ4v) is 1.89. The Morgan fingerprint density at radius 3 is 2.50 bits per heavy atom. The van der Waals surface area contributed by atoms with Gasteiger partial charge in [0.1, 0.15) is 5.75 Å². The molecule has 3 nitrogen and oxygen atoms in total. The monoisotopic (exact) mass is 221 g/mol. The molecule has 0 bridgehead atoms. The molecule has 88 valence electrons. The molecule has 0 radical (unpaired) electrons. The van der Waals surface area contributed by atoms with E-state index in [1.807, 2.05) is 24.3 Å². The first-order valence-electron chi connectivity index (χ1n) is 5.47. The highest BCUT2D eigenvalue weighted by Gasteiger charge is 2.21. The molecule has 0 heterocycles. The summed E-state index contributed by atoms with van der Waals surface area (Å²) in [7, 11) is 1.64. The van der Waals surface area contributed by atoms with Crippen LogP contribution in [0.5, 0.6) is 5.75 Å². The summed E-state index contributed by atoms with van der Waals surface area (Å²) in [5.74, 6) is 1.02. The number of carbonyl (C=O) groups is 1. The lowest BCUT2D eigenvalue weighted by molar-refractivity contribution is -0.118. The minimum absolute atomic E-state index is 0.119. The lowest BCUT2D eigenvalue weighted by Gasteiger charge is -2.22. The summed E-state index contributed by atoms with van der Waals surface area (Å²) in [6, 6.07) is 7.77. The first-order valence-corrected chi connectivity index (χ1v) is 5.47. The summed E-state index contributed by atoms with van der Waals surface area (Å²) in [4.78, 5) is 11.1. The van der Waals surface area contributed by atoms with Gasteiger partial charge in [-0.1, -0.05) is 32.0 Å². The van der Waals surface area contributed by atoms with Crippen LogP contribution in [-0.4, -0.2) is 13.0 Å². The quantitative estimate of drug-likeness (QED) is 0.829. The highest BCUT2D eigenvalue weighted by atomic mass is 16.5. The van der Waals surface area contributed by atoms with Crippen LogP contribution in [0.1, 0.15) is 31.7 Å². The van der Waals surface area contributed by atoms with Gasteiger partial charge in [-0.15, -0.1) is 0 Å². The highest BCUT2D eigenvalue weighted by molar-refractivity contribution is 5.75. The second-order valence-electron chi connectivity index (χ2n) is 4.26. The smallest absolute Gasteiger partial charge is 0.218 e. The maximum Gasteiger partial charge on any atom is 0.218 e. The van der Waals surface area contributed by atoms with Crippen molar-refractivity contribution in [2.75, 3.05) is 7.11 Å². The summed E-state index contributed by atoms with van der Waals surface area (Å²) < 4.78 is 5.31. The average Bonchev–Trinajstić information content (AvgIpc) is 2.25. The predicted molar refractivity (Wildman–Crippen MR) is 64.4 cm³/mol. The molecule has 1 rings (SSSR count). The molecule has 0 saturated heterocycles. The topological polar surface area (TPSA) is 52.3 Å². The summed E-state index contributed by atoms with van der Waals surface area (Å²) in [6.45, 7) is 4.17. The Morgan fingerprint density at radius 1 is 1.38 bits per heavy atom. The number of hydrogen-bond acceptors (Lipinski definition) is 2. The third-order valence-corrected chi connectivity index (χ3v) is 2.76. The van der Waals surface area contributed by atoms with Crippen molar-refractivity contribution in [1.82, 2.24) is 0 Å². The van der Waals surface area contributed by atoms with Crippen molar-refractivity contribution in [3.8, 4) is 5.75 Å². The van der Waals surface area contributed by atoms with Crippen LogP contribution in [0, 0.1) is 5.92 Å². The Hall–Kier alpha value is -1.51. The van der Waals surface area contributed by atoms with Crippen LogP contribution in [0.4, 0.5) is 0 Å². The molecule has 1 amide bonds. The van der Waals surface area contributed by atoms with Crippen LogP contribution in [0.15, 0.2) is 24.3 Å². The lowest BCUT2D eigenvalue weighted by atomic mass is 9.85. The zero-order chi connectivity index (χ0) is 12.1.